The fraction of sp³-hybridized carbons (Fsp3) is 0.304. The van der Waals surface area contributed by atoms with E-state index in [1.807, 2.05) is 4.57 Å². The zero-order chi connectivity index (χ0) is 24.5. The Morgan fingerprint density at radius 3 is 2.62 bits per heavy atom. The van der Waals surface area contributed by atoms with E-state index in [0.29, 0.717) is 34.9 Å². The van der Waals surface area contributed by atoms with Crippen LogP contribution in [-0.2, 0) is 27.9 Å². The molecule has 0 amide bonds. The van der Waals surface area contributed by atoms with Gasteiger partial charge in [-0.2, -0.15) is 0 Å². The molecule has 0 aliphatic rings. The number of aryl methyl sites for hydroxylation is 1. The van der Waals surface area contributed by atoms with Crippen LogP contribution < -0.4 is 14.6 Å². The number of methoxy groups -OCH3 is 2. The van der Waals surface area contributed by atoms with Crippen LogP contribution in [0.3, 0.4) is 0 Å². The fourth-order valence-electron chi connectivity index (χ4n) is 3.79. The van der Waals surface area contributed by atoms with Crippen LogP contribution >= 0.6 is 0 Å². The van der Waals surface area contributed by atoms with Crippen LogP contribution in [0.15, 0.2) is 41.3 Å². The molecule has 0 aliphatic carbocycles. The Balaban J connectivity index is 1.62. The highest BCUT2D eigenvalue weighted by atomic mass is 32.2. The van der Waals surface area contributed by atoms with Crippen LogP contribution in [0, 0.1) is 0 Å². The number of carbonyl (C=O) groups excluding carboxylic acids is 1. The van der Waals surface area contributed by atoms with Crippen molar-refractivity contribution in [3.8, 4) is 11.5 Å². The molecule has 0 saturated heterocycles. The second kappa shape index (κ2) is 9.35. The number of primary sulfonamides is 1. The average molecular weight is 487 g/mol. The van der Waals surface area contributed by atoms with Gasteiger partial charge in [-0.05, 0) is 36.8 Å². The van der Waals surface area contributed by atoms with Crippen molar-refractivity contribution in [2.75, 3.05) is 14.2 Å². The molecule has 0 aliphatic heterocycles. The Hall–Kier alpha value is -3.57. The third kappa shape index (κ3) is 4.57. The van der Waals surface area contributed by atoms with Gasteiger partial charge in [-0.25, -0.2) is 23.3 Å². The number of unbranched alkanes of at least 4 members (excludes halogenated alkanes) is 1. The molecule has 2 aromatic heterocycles. The van der Waals surface area contributed by atoms with Gasteiger partial charge in [0.25, 0.3) is 0 Å². The number of hydrogen-bond acceptors (Lipinski definition) is 7. The van der Waals surface area contributed by atoms with Crippen LogP contribution in [0.1, 0.15) is 36.1 Å². The summed E-state index contributed by atoms with van der Waals surface area (Å²) < 4.78 is 41.6. The molecular weight excluding hydrogens is 460 g/mol. The smallest absolute Gasteiger partial charge is 0.355 e. The third-order valence-electron chi connectivity index (χ3n) is 5.54. The quantitative estimate of drug-likeness (QED) is 0.346. The number of aromatic amines is 1. The fourth-order valence-corrected chi connectivity index (χ4v) is 4.33. The number of H-pyrrole nitrogens is 1. The number of fused-ring (bicyclic) bond motifs is 2. The van der Waals surface area contributed by atoms with Crippen molar-refractivity contribution >= 4 is 37.9 Å². The molecule has 0 bridgehead atoms. The number of nitrogens with one attached hydrogen (secondary N) is 1. The summed E-state index contributed by atoms with van der Waals surface area (Å²) in [5.74, 6) is 1.10. The van der Waals surface area contributed by atoms with E-state index in [-0.39, 0.29) is 17.2 Å². The molecule has 4 rings (SSSR count). The first-order chi connectivity index (χ1) is 16.2. The highest BCUT2D eigenvalue weighted by molar-refractivity contribution is 7.89. The zero-order valence-corrected chi connectivity index (χ0v) is 19.9. The van der Waals surface area contributed by atoms with Crippen LogP contribution in [-0.4, -0.2) is 43.1 Å². The van der Waals surface area contributed by atoms with Gasteiger partial charge in [0.1, 0.15) is 29.6 Å². The summed E-state index contributed by atoms with van der Waals surface area (Å²) in [5.41, 5.74) is 2.13. The number of imidazole rings is 1. The largest absolute Gasteiger partial charge is 0.497 e. The van der Waals surface area contributed by atoms with Gasteiger partial charge in [-0.15, -0.1) is 0 Å². The van der Waals surface area contributed by atoms with Gasteiger partial charge in [-0.1, -0.05) is 13.3 Å². The van der Waals surface area contributed by atoms with Crippen molar-refractivity contribution in [3.63, 3.8) is 0 Å². The molecule has 0 radical (unpaired) electrons. The zero-order valence-electron chi connectivity index (χ0n) is 19.1. The van der Waals surface area contributed by atoms with Gasteiger partial charge in [0.2, 0.25) is 10.0 Å². The van der Waals surface area contributed by atoms with Crippen LogP contribution in [0.4, 0.5) is 0 Å². The molecule has 3 N–H and O–H groups in total. The predicted octanol–water partition coefficient (Wildman–Crippen LogP) is 3.34. The Kier molecular flexibility index (Phi) is 6.49. The molecule has 4 aromatic rings. The summed E-state index contributed by atoms with van der Waals surface area (Å²) in [6.07, 6.45) is 1.83. The van der Waals surface area contributed by atoms with Crippen LogP contribution in [0.5, 0.6) is 11.5 Å². The monoisotopic (exact) mass is 486 g/mol. The number of sulfonamides is 1. The van der Waals surface area contributed by atoms with Gasteiger partial charge in [-0.3, -0.25) is 0 Å². The van der Waals surface area contributed by atoms with Crippen molar-refractivity contribution in [2.45, 2.75) is 37.8 Å². The van der Waals surface area contributed by atoms with Gasteiger partial charge >= 0.3 is 5.97 Å². The average Bonchev–Trinajstić information content (AvgIpc) is 3.40. The Morgan fingerprint density at radius 1 is 1.15 bits per heavy atom. The first kappa shape index (κ1) is 23.6. The molecule has 0 unspecified atom stereocenters. The molecule has 2 aromatic carbocycles. The van der Waals surface area contributed by atoms with Crippen molar-refractivity contribution in [2.24, 2.45) is 5.14 Å². The lowest BCUT2D eigenvalue weighted by molar-refractivity contribution is 0.0452. The molecule has 0 atom stereocenters. The SMILES string of the molecule is CCCCn1c(COC(=O)c2cc3cc(OC)cc(OC)c3[nH]2)nc2cc(S(N)(=O)=O)ccc21. The van der Waals surface area contributed by atoms with E-state index >= 15 is 0 Å². The Bertz CT molecular complexity index is 1470. The summed E-state index contributed by atoms with van der Waals surface area (Å²) in [5, 5.41) is 6.00. The lowest BCUT2D eigenvalue weighted by atomic mass is 10.2. The first-order valence-electron chi connectivity index (χ1n) is 10.7. The van der Waals surface area contributed by atoms with Crippen molar-refractivity contribution in [3.05, 3.63) is 47.9 Å². The van der Waals surface area contributed by atoms with E-state index in [1.165, 1.54) is 19.2 Å². The maximum atomic E-state index is 12.8. The number of aromatic nitrogens is 3. The van der Waals surface area contributed by atoms with E-state index in [1.54, 1.807) is 31.4 Å². The number of ether oxygens (including phenoxy) is 3. The second-order valence-electron chi connectivity index (χ2n) is 7.78. The van der Waals surface area contributed by atoms with Gasteiger partial charge in [0, 0.05) is 18.0 Å². The minimum atomic E-state index is -3.86. The van der Waals surface area contributed by atoms with Crippen molar-refractivity contribution < 1.29 is 27.4 Å². The minimum Gasteiger partial charge on any atom is -0.497 e. The highest BCUT2D eigenvalue weighted by Crippen LogP contribution is 2.31. The lowest BCUT2D eigenvalue weighted by Gasteiger charge is -2.09. The molecule has 34 heavy (non-hydrogen) atoms. The molecule has 0 saturated carbocycles. The van der Waals surface area contributed by atoms with Gasteiger partial charge < -0.3 is 23.8 Å². The summed E-state index contributed by atoms with van der Waals surface area (Å²) in [6, 6.07) is 9.72. The van der Waals surface area contributed by atoms with Gasteiger partial charge in [0.05, 0.1) is 35.7 Å². The maximum Gasteiger partial charge on any atom is 0.355 e. The summed E-state index contributed by atoms with van der Waals surface area (Å²) in [7, 11) is -0.767. The number of nitrogens with zero attached hydrogens (tertiary/aromatic N) is 2. The van der Waals surface area contributed by atoms with E-state index in [9.17, 15) is 13.2 Å². The van der Waals surface area contributed by atoms with Crippen molar-refractivity contribution in [1.82, 2.24) is 14.5 Å². The highest BCUT2D eigenvalue weighted by Gasteiger charge is 2.18. The summed E-state index contributed by atoms with van der Waals surface area (Å²) in [4.78, 5) is 20.3. The molecule has 180 valence electrons. The third-order valence-corrected chi connectivity index (χ3v) is 6.45. The van der Waals surface area contributed by atoms with Crippen LogP contribution in [0.25, 0.3) is 21.9 Å². The summed E-state index contributed by atoms with van der Waals surface area (Å²) in [6.45, 7) is 2.63. The molecule has 2 heterocycles. The molecule has 0 spiro atoms. The van der Waals surface area contributed by atoms with E-state index in [0.717, 1.165) is 23.7 Å². The van der Waals surface area contributed by atoms with E-state index in [4.69, 9.17) is 19.3 Å². The van der Waals surface area contributed by atoms with Gasteiger partial charge in [0.15, 0.2) is 0 Å². The standard InChI is InChI=1S/C23H26N4O6S/c1-4-5-8-27-19-7-6-16(34(24,29)30)12-17(19)25-21(27)13-33-23(28)18-10-14-9-15(31-2)11-20(32-3)22(14)26-18/h6-7,9-12,26H,4-5,8,13H2,1-3H3,(H2,24,29,30). The number of benzene rings is 2. The number of esters is 1. The van der Waals surface area contributed by atoms with E-state index in [2.05, 4.69) is 16.9 Å². The first-order valence-corrected chi connectivity index (χ1v) is 12.2. The lowest BCUT2D eigenvalue weighted by Crippen LogP contribution is -2.12. The van der Waals surface area contributed by atoms with Crippen LogP contribution in [0.2, 0.25) is 0 Å². The Labute approximate surface area is 196 Å². The Morgan fingerprint density at radius 2 is 1.94 bits per heavy atom. The summed E-state index contributed by atoms with van der Waals surface area (Å²) >= 11 is 0. The number of carbonyl (C=O) groups is 1. The predicted molar refractivity (Wildman–Crippen MR) is 127 cm³/mol. The number of rotatable bonds is 9. The second-order valence-corrected chi connectivity index (χ2v) is 9.34. The van der Waals surface area contributed by atoms with E-state index < -0.39 is 16.0 Å². The topological polar surface area (TPSA) is 139 Å². The normalized spacial score (nSPS) is 11.8. The number of nitrogens with two attached hydrogens (primary N) is 1. The number of hydrogen-bond donors (Lipinski definition) is 2. The molecular formula is C23H26N4O6S. The molecule has 11 heteroatoms. The minimum absolute atomic E-state index is 0.0221. The maximum absolute atomic E-state index is 12.8. The molecule has 10 nitrogen and oxygen atoms in total. The molecule has 0 fully saturated rings. The van der Waals surface area contributed by atoms with Crippen molar-refractivity contribution in [1.29, 1.82) is 0 Å².